The number of ether oxygens (including phenoxy) is 1. The number of amides is 1. The molecule has 126 valence electrons. The van der Waals surface area contributed by atoms with E-state index in [9.17, 15) is 18.0 Å². The van der Waals surface area contributed by atoms with Crippen molar-refractivity contribution in [1.29, 1.82) is 0 Å². The molecular formula is C14H18N2O6S. The lowest BCUT2D eigenvalue weighted by Crippen LogP contribution is -2.33. The number of carboxylic acid groups (broad SMARTS) is 1. The van der Waals surface area contributed by atoms with Crippen LogP contribution in [-0.2, 0) is 14.8 Å². The molecule has 0 saturated heterocycles. The van der Waals surface area contributed by atoms with Crippen molar-refractivity contribution in [2.24, 2.45) is 11.1 Å². The number of benzene rings is 1. The van der Waals surface area contributed by atoms with Crippen LogP contribution in [0.5, 0.6) is 5.75 Å². The number of hydrogen-bond donors (Lipinski definition) is 3. The van der Waals surface area contributed by atoms with Crippen molar-refractivity contribution in [1.82, 2.24) is 5.32 Å². The van der Waals surface area contributed by atoms with Crippen LogP contribution in [0.3, 0.4) is 0 Å². The van der Waals surface area contributed by atoms with Crippen molar-refractivity contribution in [2.75, 3.05) is 7.11 Å². The second-order valence-corrected chi connectivity index (χ2v) is 6.99. The first-order valence-electron chi connectivity index (χ1n) is 6.97. The summed E-state index contributed by atoms with van der Waals surface area (Å²) in [5, 5.41) is 16.8. The number of nitrogens with one attached hydrogen (secondary N) is 1. The van der Waals surface area contributed by atoms with E-state index < -0.39 is 27.8 Å². The summed E-state index contributed by atoms with van der Waals surface area (Å²) in [7, 11) is -2.58. The number of methoxy groups -OCH3 is 1. The molecule has 8 nitrogen and oxygen atoms in total. The highest BCUT2D eigenvalue weighted by molar-refractivity contribution is 7.89. The Bertz CT molecular complexity index is 731. The minimum absolute atomic E-state index is 0.0396. The van der Waals surface area contributed by atoms with Gasteiger partial charge in [0.1, 0.15) is 5.75 Å². The van der Waals surface area contributed by atoms with E-state index in [1.165, 1.54) is 19.2 Å². The standard InChI is InChI=1S/C14H18N2O6S/c1-22-12-5-4-10(23(15,20)21)7-11(12)13(17)16-9-3-2-8(6-9)14(18)19/h4-5,7-9H,2-3,6H2,1H3,(H,16,17)(H,18,19)(H2,15,20,21)/t8-,9+/m0/s1. The van der Waals surface area contributed by atoms with Crippen molar-refractivity contribution in [3.63, 3.8) is 0 Å². The molecule has 0 radical (unpaired) electrons. The Morgan fingerprint density at radius 3 is 2.57 bits per heavy atom. The van der Waals surface area contributed by atoms with Crippen molar-refractivity contribution in [3.8, 4) is 5.75 Å². The molecule has 0 aliphatic heterocycles. The van der Waals surface area contributed by atoms with Gasteiger partial charge in [0.05, 0.1) is 23.5 Å². The quantitative estimate of drug-likeness (QED) is 0.705. The average molecular weight is 342 g/mol. The SMILES string of the molecule is COc1ccc(S(N)(=O)=O)cc1C(=O)N[C@@H]1CC[C@H](C(=O)O)C1. The lowest BCUT2D eigenvalue weighted by atomic mass is 10.1. The molecule has 1 aliphatic carbocycles. The van der Waals surface area contributed by atoms with Gasteiger partial charge in [0.25, 0.3) is 5.91 Å². The molecule has 4 N–H and O–H groups in total. The van der Waals surface area contributed by atoms with Gasteiger partial charge in [0.15, 0.2) is 0 Å². The van der Waals surface area contributed by atoms with Gasteiger partial charge in [-0.25, -0.2) is 13.6 Å². The van der Waals surface area contributed by atoms with E-state index in [-0.39, 0.29) is 22.3 Å². The van der Waals surface area contributed by atoms with E-state index in [1.54, 1.807) is 0 Å². The lowest BCUT2D eigenvalue weighted by molar-refractivity contribution is -0.141. The fourth-order valence-electron chi connectivity index (χ4n) is 2.64. The first-order valence-corrected chi connectivity index (χ1v) is 8.51. The highest BCUT2D eigenvalue weighted by atomic mass is 32.2. The number of carbonyl (C=O) groups is 2. The van der Waals surface area contributed by atoms with Gasteiger partial charge in [-0.05, 0) is 37.5 Å². The predicted molar refractivity (Wildman–Crippen MR) is 80.6 cm³/mol. The van der Waals surface area contributed by atoms with Gasteiger partial charge in [-0.3, -0.25) is 9.59 Å². The molecule has 1 amide bonds. The monoisotopic (exact) mass is 342 g/mol. The van der Waals surface area contributed by atoms with E-state index in [0.717, 1.165) is 6.07 Å². The van der Waals surface area contributed by atoms with Crippen LogP contribution in [0, 0.1) is 5.92 Å². The van der Waals surface area contributed by atoms with Crippen LogP contribution < -0.4 is 15.2 Å². The molecule has 9 heteroatoms. The molecule has 0 unspecified atom stereocenters. The lowest BCUT2D eigenvalue weighted by Gasteiger charge is -2.15. The summed E-state index contributed by atoms with van der Waals surface area (Å²) in [6, 6.07) is 3.48. The van der Waals surface area contributed by atoms with Crippen LogP contribution >= 0.6 is 0 Å². The van der Waals surface area contributed by atoms with Crippen LogP contribution in [0.2, 0.25) is 0 Å². The number of nitrogens with two attached hydrogens (primary N) is 1. The number of carboxylic acids is 1. The second kappa shape index (κ2) is 6.55. The Morgan fingerprint density at radius 1 is 1.35 bits per heavy atom. The Kier molecular flexibility index (Phi) is 4.90. The van der Waals surface area contributed by atoms with Gasteiger partial charge in [-0.1, -0.05) is 0 Å². The molecule has 1 aliphatic rings. The van der Waals surface area contributed by atoms with Crippen LogP contribution in [0.25, 0.3) is 0 Å². The maximum absolute atomic E-state index is 12.4. The summed E-state index contributed by atoms with van der Waals surface area (Å²) in [6.07, 6.45) is 1.40. The van der Waals surface area contributed by atoms with Crippen molar-refractivity contribution < 1.29 is 27.9 Å². The van der Waals surface area contributed by atoms with E-state index in [1.807, 2.05) is 0 Å². The van der Waals surface area contributed by atoms with E-state index in [0.29, 0.717) is 19.3 Å². The maximum Gasteiger partial charge on any atom is 0.306 e. The van der Waals surface area contributed by atoms with E-state index in [4.69, 9.17) is 15.0 Å². The highest BCUT2D eigenvalue weighted by Crippen LogP contribution is 2.27. The summed E-state index contributed by atoms with van der Waals surface area (Å²) in [5.41, 5.74) is 0.0396. The Balaban J connectivity index is 2.20. The zero-order valence-electron chi connectivity index (χ0n) is 12.5. The minimum Gasteiger partial charge on any atom is -0.496 e. The third kappa shape index (κ3) is 3.99. The molecule has 1 aromatic rings. The number of primary sulfonamides is 1. The molecule has 0 bridgehead atoms. The molecular weight excluding hydrogens is 324 g/mol. The highest BCUT2D eigenvalue weighted by Gasteiger charge is 2.31. The zero-order chi connectivity index (χ0) is 17.2. The molecule has 1 fully saturated rings. The molecule has 1 aromatic carbocycles. The fraction of sp³-hybridized carbons (Fsp3) is 0.429. The van der Waals surface area contributed by atoms with E-state index >= 15 is 0 Å². The molecule has 0 aromatic heterocycles. The Morgan fingerprint density at radius 2 is 2.04 bits per heavy atom. The predicted octanol–water partition coefficient (Wildman–Crippen LogP) is 0.326. The fourth-order valence-corrected chi connectivity index (χ4v) is 3.18. The van der Waals surface area contributed by atoms with Crippen LogP contribution in [0.1, 0.15) is 29.6 Å². The molecule has 23 heavy (non-hydrogen) atoms. The first-order chi connectivity index (χ1) is 10.7. The number of sulfonamides is 1. The van der Waals surface area contributed by atoms with Crippen molar-refractivity contribution in [2.45, 2.75) is 30.2 Å². The van der Waals surface area contributed by atoms with Crippen LogP contribution in [0.15, 0.2) is 23.1 Å². The number of hydrogen-bond acceptors (Lipinski definition) is 5. The summed E-state index contributed by atoms with van der Waals surface area (Å²) < 4.78 is 27.9. The Hall–Kier alpha value is -2.13. The minimum atomic E-state index is -3.94. The topological polar surface area (TPSA) is 136 Å². The molecule has 0 spiro atoms. The zero-order valence-corrected chi connectivity index (χ0v) is 13.3. The van der Waals surface area contributed by atoms with Crippen LogP contribution in [-0.4, -0.2) is 38.6 Å². The maximum atomic E-state index is 12.4. The average Bonchev–Trinajstić information content (AvgIpc) is 2.94. The van der Waals surface area contributed by atoms with Gasteiger partial charge < -0.3 is 15.2 Å². The van der Waals surface area contributed by atoms with Crippen molar-refractivity contribution in [3.05, 3.63) is 23.8 Å². The smallest absolute Gasteiger partial charge is 0.306 e. The second-order valence-electron chi connectivity index (χ2n) is 5.43. The van der Waals surface area contributed by atoms with Gasteiger partial charge in [-0.2, -0.15) is 0 Å². The molecule has 1 saturated carbocycles. The summed E-state index contributed by atoms with van der Waals surface area (Å²) in [5.74, 6) is -1.67. The number of carbonyl (C=O) groups excluding carboxylic acids is 1. The van der Waals surface area contributed by atoms with Crippen molar-refractivity contribution >= 4 is 21.9 Å². The molecule has 0 heterocycles. The number of aliphatic carboxylic acids is 1. The Labute approximate surface area is 133 Å². The largest absolute Gasteiger partial charge is 0.496 e. The third-order valence-corrected chi connectivity index (χ3v) is 4.77. The van der Waals surface area contributed by atoms with Gasteiger partial charge in [0, 0.05) is 6.04 Å². The summed E-state index contributed by atoms with van der Waals surface area (Å²) in [6.45, 7) is 0. The first kappa shape index (κ1) is 17.2. The van der Waals surface area contributed by atoms with Gasteiger partial charge >= 0.3 is 5.97 Å². The molecule has 2 rings (SSSR count). The van der Waals surface area contributed by atoms with Gasteiger partial charge in [0.2, 0.25) is 10.0 Å². The number of rotatable bonds is 5. The van der Waals surface area contributed by atoms with E-state index in [2.05, 4.69) is 5.32 Å². The normalized spacial score (nSPS) is 21.0. The summed E-state index contributed by atoms with van der Waals surface area (Å²) >= 11 is 0. The molecule has 2 atom stereocenters. The van der Waals surface area contributed by atoms with Gasteiger partial charge in [-0.15, -0.1) is 0 Å². The third-order valence-electron chi connectivity index (χ3n) is 3.86. The van der Waals surface area contributed by atoms with Crippen LogP contribution in [0.4, 0.5) is 0 Å². The summed E-state index contributed by atoms with van der Waals surface area (Å²) in [4.78, 5) is 23.1.